The van der Waals surface area contributed by atoms with Gasteiger partial charge in [-0.3, -0.25) is 9.59 Å². The maximum Gasteiger partial charge on any atom is 0.295 e. The van der Waals surface area contributed by atoms with Gasteiger partial charge < -0.3 is 24.6 Å². The van der Waals surface area contributed by atoms with Crippen molar-refractivity contribution in [1.29, 1.82) is 0 Å². The third-order valence-corrected chi connectivity index (χ3v) is 4.84. The van der Waals surface area contributed by atoms with E-state index in [-0.39, 0.29) is 23.9 Å². The molecule has 7 heteroatoms. The Morgan fingerprint density at radius 2 is 1.93 bits per heavy atom. The average Bonchev–Trinajstić information content (AvgIpc) is 3.25. The second kappa shape index (κ2) is 6.92. The third kappa shape index (κ3) is 2.85. The molecule has 0 radical (unpaired) electrons. The molecule has 2 aromatic rings. The molecule has 2 heterocycles. The van der Waals surface area contributed by atoms with Crippen LogP contribution >= 0.6 is 0 Å². The minimum absolute atomic E-state index is 0.0112. The molecule has 0 bridgehead atoms. The number of hydrogen-bond acceptors (Lipinski definition) is 6. The molecule has 7 nitrogen and oxygen atoms in total. The van der Waals surface area contributed by atoms with Crippen LogP contribution in [-0.4, -0.2) is 40.1 Å². The van der Waals surface area contributed by atoms with Crippen LogP contribution in [0.15, 0.2) is 48.0 Å². The Morgan fingerprint density at radius 3 is 2.68 bits per heavy atom. The molecule has 2 aromatic carbocycles. The van der Waals surface area contributed by atoms with Crippen LogP contribution in [0.4, 0.5) is 0 Å². The number of benzene rings is 2. The SMILES string of the molecule is CCCN1C(=O)C(=O)/C(=C(\O)c2ccc3c(c2)OCO3)C1c1cccc(O)c1. The molecular formula is C21H19NO6. The van der Waals surface area contributed by atoms with E-state index in [2.05, 4.69) is 0 Å². The Morgan fingerprint density at radius 1 is 1.14 bits per heavy atom. The number of ether oxygens (including phenoxy) is 2. The molecule has 0 aromatic heterocycles. The van der Waals surface area contributed by atoms with Gasteiger partial charge in [-0.15, -0.1) is 0 Å². The molecule has 1 atom stereocenters. The van der Waals surface area contributed by atoms with Crippen molar-refractivity contribution in [2.24, 2.45) is 0 Å². The number of phenols is 1. The fourth-order valence-corrected chi connectivity index (χ4v) is 3.59. The molecule has 0 aliphatic carbocycles. The first-order chi connectivity index (χ1) is 13.5. The minimum Gasteiger partial charge on any atom is -0.508 e. The quantitative estimate of drug-likeness (QED) is 0.480. The molecule has 28 heavy (non-hydrogen) atoms. The third-order valence-electron chi connectivity index (χ3n) is 4.84. The number of aliphatic hydroxyl groups is 1. The highest BCUT2D eigenvalue weighted by Crippen LogP contribution is 2.41. The molecule has 1 unspecified atom stereocenters. The first-order valence-corrected chi connectivity index (χ1v) is 8.98. The predicted octanol–water partition coefficient (Wildman–Crippen LogP) is 2.95. The number of aromatic hydroxyl groups is 1. The van der Waals surface area contributed by atoms with E-state index in [4.69, 9.17) is 9.47 Å². The van der Waals surface area contributed by atoms with Crippen molar-refractivity contribution in [1.82, 2.24) is 4.90 Å². The Balaban J connectivity index is 1.87. The van der Waals surface area contributed by atoms with Gasteiger partial charge in [0.2, 0.25) is 6.79 Å². The van der Waals surface area contributed by atoms with Crippen molar-refractivity contribution in [2.45, 2.75) is 19.4 Å². The highest BCUT2D eigenvalue weighted by atomic mass is 16.7. The second-order valence-electron chi connectivity index (χ2n) is 6.66. The summed E-state index contributed by atoms with van der Waals surface area (Å²) in [7, 11) is 0. The lowest BCUT2D eigenvalue weighted by Gasteiger charge is -2.25. The van der Waals surface area contributed by atoms with E-state index in [1.165, 1.54) is 17.0 Å². The number of rotatable bonds is 4. The summed E-state index contributed by atoms with van der Waals surface area (Å²) < 4.78 is 10.6. The fourth-order valence-electron chi connectivity index (χ4n) is 3.59. The van der Waals surface area contributed by atoms with Crippen molar-refractivity contribution in [3.8, 4) is 17.2 Å². The van der Waals surface area contributed by atoms with E-state index >= 15 is 0 Å². The minimum atomic E-state index is -0.780. The summed E-state index contributed by atoms with van der Waals surface area (Å²) >= 11 is 0. The van der Waals surface area contributed by atoms with Gasteiger partial charge in [-0.25, -0.2) is 0 Å². The number of amides is 1. The summed E-state index contributed by atoms with van der Waals surface area (Å²) in [4.78, 5) is 26.8. The van der Waals surface area contributed by atoms with E-state index in [1.54, 1.807) is 30.3 Å². The monoisotopic (exact) mass is 381 g/mol. The van der Waals surface area contributed by atoms with Gasteiger partial charge in [0.15, 0.2) is 11.5 Å². The van der Waals surface area contributed by atoms with Gasteiger partial charge in [-0.1, -0.05) is 19.1 Å². The van der Waals surface area contributed by atoms with Gasteiger partial charge in [-0.05, 0) is 42.3 Å². The van der Waals surface area contributed by atoms with E-state index in [1.807, 2.05) is 6.92 Å². The molecule has 4 rings (SSSR count). The molecule has 144 valence electrons. The van der Waals surface area contributed by atoms with Gasteiger partial charge in [0.1, 0.15) is 11.5 Å². The zero-order valence-electron chi connectivity index (χ0n) is 15.2. The maximum absolute atomic E-state index is 12.8. The van der Waals surface area contributed by atoms with Gasteiger partial charge in [0, 0.05) is 12.1 Å². The Bertz CT molecular complexity index is 996. The van der Waals surface area contributed by atoms with Crippen LogP contribution in [0.25, 0.3) is 5.76 Å². The standard InChI is InChI=1S/C21H19NO6/c1-2-8-22-18(12-4-3-5-14(23)9-12)17(20(25)21(22)26)19(24)13-6-7-15-16(10-13)28-11-27-15/h3-7,9-10,18,23-24H,2,8,11H2,1H3/b19-17-. The first kappa shape index (κ1) is 17.9. The highest BCUT2D eigenvalue weighted by Gasteiger charge is 2.45. The Labute approximate surface area is 161 Å². The number of hydrogen-bond donors (Lipinski definition) is 2. The first-order valence-electron chi connectivity index (χ1n) is 8.98. The summed E-state index contributed by atoms with van der Waals surface area (Å²) in [6.45, 7) is 2.34. The summed E-state index contributed by atoms with van der Waals surface area (Å²) in [5, 5.41) is 20.8. The van der Waals surface area contributed by atoms with E-state index < -0.39 is 17.7 Å². The summed E-state index contributed by atoms with van der Waals surface area (Å²) in [5.74, 6) is -0.686. The number of nitrogens with zero attached hydrogens (tertiary/aromatic N) is 1. The average molecular weight is 381 g/mol. The van der Waals surface area contributed by atoms with Gasteiger partial charge in [-0.2, -0.15) is 0 Å². The molecule has 1 amide bonds. The number of carbonyl (C=O) groups excluding carboxylic acids is 2. The zero-order chi connectivity index (χ0) is 19.8. The van der Waals surface area contributed by atoms with Crippen molar-refractivity contribution in [3.05, 3.63) is 59.2 Å². The number of fused-ring (bicyclic) bond motifs is 1. The summed E-state index contributed by atoms with van der Waals surface area (Å²) in [6, 6.07) is 10.4. The van der Waals surface area contributed by atoms with Crippen molar-refractivity contribution in [2.75, 3.05) is 13.3 Å². The topological polar surface area (TPSA) is 96.3 Å². The Kier molecular flexibility index (Phi) is 4.43. The number of likely N-dealkylation sites (tertiary alicyclic amines) is 1. The normalized spacial score (nSPS) is 20.0. The molecule has 2 aliphatic heterocycles. The van der Waals surface area contributed by atoms with Crippen LogP contribution in [0.2, 0.25) is 0 Å². The molecule has 0 spiro atoms. The van der Waals surface area contributed by atoms with Gasteiger partial charge in [0.05, 0.1) is 11.6 Å². The lowest BCUT2D eigenvalue weighted by molar-refractivity contribution is -0.139. The van der Waals surface area contributed by atoms with E-state index in [0.717, 1.165) is 0 Å². The van der Waals surface area contributed by atoms with Crippen LogP contribution in [0.1, 0.15) is 30.5 Å². The van der Waals surface area contributed by atoms with Crippen molar-refractivity contribution in [3.63, 3.8) is 0 Å². The van der Waals surface area contributed by atoms with Gasteiger partial charge in [0.25, 0.3) is 11.7 Å². The lowest BCUT2D eigenvalue weighted by Crippen LogP contribution is -2.30. The highest BCUT2D eigenvalue weighted by molar-refractivity contribution is 6.46. The predicted molar refractivity (Wildman–Crippen MR) is 100.0 cm³/mol. The van der Waals surface area contributed by atoms with Crippen LogP contribution in [0.5, 0.6) is 17.2 Å². The molecule has 2 N–H and O–H groups in total. The smallest absolute Gasteiger partial charge is 0.295 e. The number of carbonyl (C=O) groups is 2. The van der Waals surface area contributed by atoms with Gasteiger partial charge >= 0.3 is 0 Å². The number of Topliss-reactive ketones (excluding diaryl/α,β-unsaturated/α-hetero) is 1. The summed E-state index contributed by atoms with van der Waals surface area (Å²) in [6.07, 6.45) is 0.645. The number of ketones is 1. The largest absolute Gasteiger partial charge is 0.508 e. The Hall–Kier alpha value is -3.48. The van der Waals surface area contributed by atoms with Crippen LogP contribution in [-0.2, 0) is 9.59 Å². The molecule has 0 saturated carbocycles. The van der Waals surface area contributed by atoms with Crippen LogP contribution < -0.4 is 9.47 Å². The van der Waals surface area contributed by atoms with E-state index in [9.17, 15) is 19.8 Å². The fraction of sp³-hybridized carbons (Fsp3) is 0.238. The molecule has 1 fully saturated rings. The molecule has 1 saturated heterocycles. The number of phenolic OH excluding ortho intramolecular Hbond substituents is 1. The zero-order valence-corrected chi connectivity index (χ0v) is 15.2. The molecular weight excluding hydrogens is 362 g/mol. The van der Waals surface area contributed by atoms with Crippen molar-refractivity contribution >= 4 is 17.4 Å². The lowest BCUT2D eigenvalue weighted by atomic mass is 9.95. The summed E-state index contributed by atoms with van der Waals surface area (Å²) in [5.41, 5.74) is 0.891. The molecule has 2 aliphatic rings. The van der Waals surface area contributed by atoms with Crippen LogP contribution in [0, 0.1) is 0 Å². The van der Waals surface area contributed by atoms with E-state index in [0.29, 0.717) is 35.6 Å². The second-order valence-corrected chi connectivity index (χ2v) is 6.66. The maximum atomic E-state index is 12.8. The van der Waals surface area contributed by atoms with Crippen LogP contribution in [0.3, 0.4) is 0 Å². The van der Waals surface area contributed by atoms with Crippen molar-refractivity contribution < 1.29 is 29.3 Å². The number of aliphatic hydroxyl groups excluding tert-OH is 1.